The monoisotopic (exact) mass is 424 g/mol. The van der Waals surface area contributed by atoms with Gasteiger partial charge in [0.25, 0.3) is 0 Å². The summed E-state index contributed by atoms with van der Waals surface area (Å²) in [6.07, 6.45) is 4.89. The van der Waals surface area contributed by atoms with Crippen LogP contribution in [0, 0.1) is 12.8 Å². The summed E-state index contributed by atoms with van der Waals surface area (Å²) < 4.78 is 0. The molecule has 0 radical (unpaired) electrons. The Bertz CT molecular complexity index is 751. The molecule has 0 aromatic heterocycles. The van der Waals surface area contributed by atoms with Crippen molar-refractivity contribution in [1.82, 2.24) is 16.2 Å². The smallest absolute Gasteiger partial charge is 0.238 e. The zero-order valence-electron chi connectivity index (χ0n) is 15.8. The van der Waals surface area contributed by atoms with Crippen LogP contribution in [0.3, 0.4) is 0 Å². The first kappa shape index (κ1) is 22.1. The quantitative estimate of drug-likeness (QED) is 0.415. The number of thiocarbonyl (C=S) groups is 1. The number of hydrazine groups is 1. The van der Waals surface area contributed by atoms with Gasteiger partial charge in [-0.1, -0.05) is 30.5 Å². The molecule has 1 saturated carbocycles. The Labute approximate surface area is 174 Å². The van der Waals surface area contributed by atoms with Gasteiger partial charge in [-0.3, -0.25) is 25.2 Å². The highest BCUT2D eigenvalue weighted by Gasteiger charge is 2.19. The number of rotatable bonds is 6. The second-order valence-electron chi connectivity index (χ2n) is 6.87. The lowest BCUT2D eigenvalue weighted by Crippen LogP contribution is -2.48. The van der Waals surface area contributed by atoms with Crippen molar-refractivity contribution in [2.45, 2.75) is 51.9 Å². The molecule has 9 heteroatoms. The van der Waals surface area contributed by atoms with Gasteiger partial charge in [-0.25, -0.2) is 0 Å². The van der Waals surface area contributed by atoms with Gasteiger partial charge in [-0.15, -0.1) is 0 Å². The molecule has 0 unspecified atom stereocenters. The fourth-order valence-corrected chi connectivity index (χ4v) is 3.40. The standard InChI is InChI=1S/C19H25ClN4O3S/c1-12-14(20)7-4-8-15(12)21-16(25)9-10-17(26)23-24-19(28)22-18(27)11-13-5-2-3-6-13/h4,7-8,13H,2-3,5-6,9-11H2,1H3,(H,21,25)(H,23,26)(H2,22,24,27,28). The predicted octanol–water partition coefficient (Wildman–Crippen LogP) is 2.97. The minimum Gasteiger partial charge on any atom is -0.326 e. The molecule has 152 valence electrons. The van der Waals surface area contributed by atoms with Crippen LogP contribution in [0.25, 0.3) is 0 Å². The normalized spacial score (nSPS) is 13.6. The molecular formula is C19H25ClN4O3S. The zero-order chi connectivity index (χ0) is 20.5. The zero-order valence-corrected chi connectivity index (χ0v) is 17.3. The predicted molar refractivity (Wildman–Crippen MR) is 113 cm³/mol. The van der Waals surface area contributed by atoms with Crippen molar-refractivity contribution in [1.29, 1.82) is 0 Å². The fraction of sp³-hybridized carbons (Fsp3) is 0.474. The number of carbonyl (C=O) groups excluding carboxylic acids is 3. The summed E-state index contributed by atoms with van der Waals surface area (Å²) in [6, 6.07) is 5.22. The third kappa shape index (κ3) is 7.44. The van der Waals surface area contributed by atoms with Crippen molar-refractivity contribution in [2.24, 2.45) is 5.92 Å². The Hall–Kier alpha value is -2.19. The summed E-state index contributed by atoms with van der Waals surface area (Å²) >= 11 is 11.0. The summed E-state index contributed by atoms with van der Waals surface area (Å²) in [5.74, 6) is -0.452. The molecule has 1 aromatic carbocycles. The molecule has 0 heterocycles. The van der Waals surface area contributed by atoms with E-state index in [9.17, 15) is 14.4 Å². The second kappa shape index (κ2) is 11.0. The molecular weight excluding hydrogens is 400 g/mol. The maximum absolute atomic E-state index is 12.0. The van der Waals surface area contributed by atoms with E-state index in [1.54, 1.807) is 25.1 Å². The maximum Gasteiger partial charge on any atom is 0.238 e. The molecule has 0 bridgehead atoms. The van der Waals surface area contributed by atoms with Gasteiger partial charge in [0.2, 0.25) is 17.7 Å². The minimum atomic E-state index is -0.412. The van der Waals surface area contributed by atoms with Crippen molar-refractivity contribution >= 4 is 52.3 Å². The largest absolute Gasteiger partial charge is 0.326 e. The van der Waals surface area contributed by atoms with Crippen LogP contribution in [0.4, 0.5) is 5.69 Å². The van der Waals surface area contributed by atoms with Crippen LogP contribution in [0.1, 0.15) is 50.5 Å². The molecule has 0 atom stereocenters. The van der Waals surface area contributed by atoms with Gasteiger partial charge in [0.05, 0.1) is 0 Å². The van der Waals surface area contributed by atoms with Gasteiger partial charge in [0.1, 0.15) is 0 Å². The van der Waals surface area contributed by atoms with Crippen LogP contribution in [0.5, 0.6) is 0 Å². The van der Waals surface area contributed by atoms with Crippen molar-refractivity contribution in [3.8, 4) is 0 Å². The van der Waals surface area contributed by atoms with Crippen LogP contribution in [0.15, 0.2) is 18.2 Å². The summed E-state index contributed by atoms with van der Waals surface area (Å²) in [7, 11) is 0. The summed E-state index contributed by atoms with van der Waals surface area (Å²) in [5, 5.41) is 5.87. The average molecular weight is 425 g/mol. The highest BCUT2D eigenvalue weighted by molar-refractivity contribution is 7.80. The van der Waals surface area contributed by atoms with Crippen LogP contribution in [0.2, 0.25) is 5.02 Å². The number of carbonyl (C=O) groups is 3. The summed E-state index contributed by atoms with van der Waals surface area (Å²) in [5.41, 5.74) is 6.23. The fourth-order valence-electron chi connectivity index (χ4n) is 3.06. The first-order valence-electron chi connectivity index (χ1n) is 9.28. The summed E-state index contributed by atoms with van der Waals surface area (Å²) in [4.78, 5) is 35.7. The van der Waals surface area contributed by atoms with Crippen molar-refractivity contribution in [3.63, 3.8) is 0 Å². The van der Waals surface area contributed by atoms with Crippen molar-refractivity contribution < 1.29 is 14.4 Å². The van der Waals surface area contributed by atoms with Gasteiger partial charge < -0.3 is 10.6 Å². The second-order valence-corrected chi connectivity index (χ2v) is 7.68. The first-order chi connectivity index (χ1) is 13.3. The number of nitrogens with one attached hydrogen (secondary N) is 4. The van der Waals surface area contributed by atoms with E-state index >= 15 is 0 Å². The molecule has 4 N–H and O–H groups in total. The van der Waals surface area contributed by atoms with Gasteiger partial charge in [0.15, 0.2) is 5.11 Å². The minimum absolute atomic E-state index is 0.000266. The highest BCUT2D eigenvalue weighted by Crippen LogP contribution is 2.27. The number of anilines is 1. The number of hydrogen-bond donors (Lipinski definition) is 4. The van der Waals surface area contributed by atoms with Crippen molar-refractivity contribution in [2.75, 3.05) is 5.32 Å². The Balaban J connectivity index is 1.63. The molecule has 0 aliphatic heterocycles. The lowest BCUT2D eigenvalue weighted by Gasteiger charge is -2.13. The van der Waals surface area contributed by atoms with Crippen LogP contribution in [-0.4, -0.2) is 22.8 Å². The molecule has 1 aromatic rings. The SMILES string of the molecule is Cc1c(Cl)cccc1NC(=O)CCC(=O)NNC(=S)NC(=O)CC1CCCC1. The Morgan fingerprint density at radius 3 is 2.46 bits per heavy atom. The van der Waals surface area contributed by atoms with E-state index in [-0.39, 0.29) is 29.8 Å². The van der Waals surface area contributed by atoms with Crippen LogP contribution >= 0.6 is 23.8 Å². The topological polar surface area (TPSA) is 99.3 Å². The average Bonchev–Trinajstić information content (AvgIpc) is 3.15. The van der Waals surface area contributed by atoms with E-state index in [2.05, 4.69) is 21.5 Å². The number of benzene rings is 1. The molecule has 2 rings (SSSR count). The van der Waals surface area contributed by atoms with E-state index in [1.165, 1.54) is 12.8 Å². The Morgan fingerprint density at radius 1 is 1.07 bits per heavy atom. The lowest BCUT2D eigenvalue weighted by atomic mass is 10.0. The van der Waals surface area contributed by atoms with E-state index in [1.807, 2.05) is 0 Å². The van der Waals surface area contributed by atoms with Crippen LogP contribution < -0.4 is 21.5 Å². The third-order valence-corrected chi connectivity index (χ3v) is 5.25. The van der Waals surface area contributed by atoms with E-state index in [4.69, 9.17) is 23.8 Å². The molecule has 1 fully saturated rings. The Morgan fingerprint density at radius 2 is 1.75 bits per heavy atom. The molecule has 1 aliphatic rings. The van der Waals surface area contributed by atoms with Gasteiger partial charge in [0, 0.05) is 30.0 Å². The van der Waals surface area contributed by atoms with Gasteiger partial charge in [-0.2, -0.15) is 0 Å². The van der Waals surface area contributed by atoms with E-state index < -0.39 is 5.91 Å². The number of amides is 3. The molecule has 28 heavy (non-hydrogen) atoms. The molecule has 0 saturated heterocycles. The molecule has 7 nitrogen and oxygen atoms in total. The number of halogens is 1. The lowest BCUT2D eigenvalue weighted by molar-refractivity contribution is -0.124. The molecule has 1 aliphatic carbocycles. The molecule has 0 spiro atoms. The van der Waals surface area contributed by atoms with E-state index in [0.29, 0.717) is 23.0 Å². The molecule has 3 amide bonds. The highest BCUT2D eigenvalue weighted by atomic mass is 35.5. The van der Waals surface area contributed by atoms with E-state index in [0.717, 1.165) is 18.4 Å². The Kier molecular flexibility index (Phi) is 8.66. The summed E-state index contributed by atoms with van der Waals surface area (Å²) in [6.45, 7) is 1.80. The number of hydrogen-bond acceptors (Lipinski definition) is 4. The third-order valence-electron chi connectivity index (χ3n) is 4.64. The van der Waals surface area contributed by atoms with Crippen molar-refractivity contribution in [3.05, 3.63) is 28.8 Å². The maximum atomic E-state index is 12.0. The van der Waals surface area contributed by atoms with Gasteiger partial charge >= 0.3 is 0 Å². The first-order valence-corrected chi connectivity index (χ1v) is 10.1. The van der Waals surface area contributed by atoms with Crippen LogP contribution in [-0.2, 0) is 14.4 Å². The van der Waals surface area contributed by atoms with Gasteiger partial charge in [-0.05, 0) is 55.6 Å².